The van der Waals surface area contributed by atoms with Gasteiger partial charge in [-0.05, 0) is 50.1 Å². The normalized spacial score (nSPS) is 12.3. The molecule has 1 amide bonds. The van der Waals surface area contributed by atoms with Crippen molar-refractivity contribution in [2.45, 2.75) is 52.2 Å². The van der Waals surface area contributed by atoms with Crippen LogP contribution in [0.1, 0.15) is 37.5 Å². The lowest BCUT2D eigenvalue weighted by atomic mass is 10.0. The fourth-order valence-corrected chi connectivity index (χ4v) is 3.00. The zero-order chi connectivity index (χ0) is 24.6. The largest absolute Gasteiger partial charge is 0.493 e. The number of carboxylic acids is 1. The van der Waals surface area contributed by atoms with Crippen LogP contribution in [-0.4, -0.2) is 36.0 Å². The minimum Gasteiger partial charge on any atom is -0.493 e. The highest BCUT2D eigenvalue weighted by molar-refractivity contribution is 5.85. The molecule has 2 rings (SSSR count). The lowest BCUT2D eigenvalue weighted by molar-refractivity contribution is -0.153. The Labute approximate surface area is 189 Å². The number of hydrogen-bond donors (Lipinski definition) is 2. The molecule has 0 aromatic heterocycles. The van der Waals surface area contributed by atoms with Gasteiger partial charge < -0.3 is 19.3 Å². The van der Waals surface area contributed by atoms with Gasteiger partial charge in [0.15, 0.2) is 6.10 Å². The van der Waals surface area contributed by atoms with Crippen LogP contribution in [0.4, 0.5) is 23.7 Å². The first-order valence-electron chi connectivity index (χ1n) is 10.2. The Morgan fingerprint density at radius 3 is 2.39 bits per heavy atom. The number of carboxylic acid groups (broad SMARTS) is 1. The molecule has 1 atom stereocenters. The second kappa shape index (κ2) is 11.6. The molecule has 10 heteroatoms. The number of halogens is 3. The summed E-state index contributed by atoms with van der Waals surface area (Å²) in [6.45, 7) is 4.94. The molecule has 2 aromatic rings. The van der Waals surface area contributed by atoms with E-state index in [2.05, 4.69) is 5.32 Å². The van der Waals surface area contributed by atoms with Crippen LogP contribution in [-0.2, 0) is 33.5 Å². The summed E-state index contributed by atoms with van der Waals surface area (Å²) in [7, 11) is 0. The molecule has 0 aliphatic carbocycles. The van der Waals surface area contributed by atoms with Crippen molar-refractivity contribution in [3.05, 3.63) is 59.2 Å². The third-order valence-electron chi connectivity index (χ3n) is 4.33. The SMILES string of the molecule is CCOc1ccc(NC(=O)OCc2cccc(CC(OC(C)C)C(=O)O)c2)cc1C(F)(F)F. The smallest absolute Gasteiger partial charge is 0.420 e. The van der Waals surface area contributed by atoms with Crippen LogP contribution in [0.5, 0.6) is 5.75 Å². The van der Waals surface area contributed by atoms with Gasteiger partial charge in [0.05, 0.1) is 18.3 Å². The molecule has 1 unspecified atom stereocenters. The summed E-state index contributed by atoms with van der Waals surface area (Å²) in [5.41, 5.74) is 0.149. The van der Waals surface area contributed by atoms with E-state index in [1.165, 1.54) is 6.07 Å². The first-order valence-corrected chi connectivity index (χ1v) is 10.2. The van der Waals surface area contributed by atoms with Crippen molar-refractivity contribution < 1.29 is 42.1 Å². The van der Waals surface area contributed by atoms with E-state index in [4.69, 9.17) is 14.2 Å². The van der Waals surface area contributed by atoms with Crippen molar-refractivity contribution in [1.29, 1.82) is 0 Å². The second-order valence-electron chi connectivity index (χ2n) is 7.38. The van der Waals surface area contributed by atoms with Crippen LogP contribution < -0.4 is 10.1 Å². The number of anilines is 1. The summed E-state index contributed by atoms with van der Waals surface area (Å²) < 4.78 is 55.2. The molecule has 33 heavy (non-hydrogen) atoms. The van der Waals surface area contributed by atoms with E-state index in [0.717, 1.165) is 12.1 Å². The summed E-state index contributed by atoms with van der Waals surface area (Å²) >= 11 is 0. The Morgan fingerprint density at radius 1 is 1.09 bits per heavy atom. The van der Waals surface area contributed by atoms with Crippen LogP contribution in [0.15, 0.2) is 42.5 Å². The topological polar surface area (TPSA) is 94.1 Å². The average Bonchev–Trinajstić information content (AvgIpc) is 2.72. The van der Waals surface area contributed by atoms with Crippen LogP contribution >= 0.6 is 0 Å². The first-order chi connectivity index (χ1) is 15.5. The molecule has 0 fully saturated rings. The van der Waals surface area contributed by atoms with E-state index < -0.39 is 29.9 Å². The van der Waals surface area contributed by atoms with Gasteiger partial charge in [-0.3, -0.25) is 5.32 Å². The molecule has 0 heterocycles. The van der Waals surface area contributed by atoms with Crippen LogP contribution in [0.25, 0.3) is 0 Å². The van der Waals surface area contributed by atoms with Crippen LogP contribution in [0.2, 0.25) is 0 Å². The van der Waals surface area contributed by atoms with Crippen molar-refractivity contribution in [3.63, 3.8) is 0 Å². The molecular formula is C23H26F3NO6. The molecule has 0 radical (unpaired) electrons. The fourth-order valence-electron chi connectivity index (χ4n) is 3.00. The number of amides is 1. The predicted octanol–water partition coefficient (Wildman–Crippen LogP) is 5.27. The summed E-state index contributed by atoms with van der Waals surface area (Å²) in [4.78, 5) is 23.5. The zero-order valence-electron chi connectivity index (χ0n) is 18.4. The molecule has 7 nitrogen and oxygen atoms in total. The van der Waals surface area contributed by atoms with Gasteiger partial charge in [0.2, 0.25) is 0 Å². The number of hydrogen-bond acceptors (Lipinski definition) is 5. The quantitative estimate of drug-likeness (QED) is 0.492. The van der Waals surface area contributed by atoms with Crippen LogP contribution in [0.3, 0.4) is 0 Å². The highest BCUT2D eigenvalue weighted by Crippen LogP contribution is 2.38. The highest BCUT2D eigenvalue weighted by atomic mass is 19.4. The average molecular weight is 469 g/mol. The second-order valence-corrected chi connectivity index (χ2v) is 7.38. The highest BCUT2D eigenvalue weighted by Gasteiger charge is 2.34. The third-order valence-corrected chi connectivity index (χ3v) is 4.33. The number of carbonyl (C=O) groups excluding carboxylic acids is 1. The van der Waals surface area contributed by atoms with Crippen molar-refractivity contribution in [2.75, 3.05) is 11.9 Å². The summed E-state index contributed by atoms with van der Waals surface area (Å²) in [5.74, 6) is -1.42. The fraction of sp³-hybridized carbons (Fsp3) is 0.391. The van der Waals surface area contributed by atoms with Crippen molar-refractivity contribution in [1.82, 2.24) is 0 Å². The Balaban J connectivity index is 2.01. The van der Waals surface area contributed by atoms with E-state index in [0.29, 0.717) is 11.1 Å². The number of aliphatic carboxylic acids is 1. The van der Waals surface area contributed by atoms with Crippen LogP contribution in [0, 0.1) is 0 Å². The molecule has 0 aliphatic rings. The lowest BCUT2D eigenvalue weighted by Gasteiger charge is -2.17. The molecular weight excluding hydrogens is 443 g/mol. The van der Waals surface area contributed by atoms with Gasteiger partial charge >= 0.3 is 18.2 Å². The summed E-state index contributed by atoms with van der Waals surface area (Å²) in [6, 6.07) is 9.93. The van der Waals surface area contributed by atoms with Crippen molar-refractivity contribution in [3.8, 4) is 5.75 Å². The molecule has 180 valence electrons. The van der Waals surface area contributed by atoms with Gasteiger partial charge in [-0.15, -0.1) is 0 Å². The van der Waals surface area contributed by atoms with E-state index in [-0.39, 0.29) is 37.2 Å². The maximum Gasteiger partial charge on any atom is 0.420 e. The van der Waals surface area contributed by atoms with E-state index in [9.17, 15) is 27.9 Å². The molecule has 0 bridgehead atoms. The Bertz CT molecular complexity index is 961. The summed E-state index contributed by atoms with van der Waals surface area (Å²) in [5, 5.41) is 11.6. The predicted molar refractivity (Wildman–Crippen MR) is 114 cm³/mol. The Kier molecular flexibility index (Phi) is 9.10. The van der Waals surface area contributed by atoms with Gasteiger partial charge in [-0.1, -0.05) is 24.3 Å². The van der Waals surface area contributed by atoms with Gasteiger partial charge in [-0.25, -0.2) is 9.59 Å². The number of carbonyl (C=O) groups is 2. The maximum atomic E-state index is 13.2. The van der Waals surface area contributed by atoms with Gasteiger partial charge in [-0.2, -0.15) is 13.2 Å². The lowest BCUT2D eigenvalue weighted by Crippen LogP contribution is -2.29. The number of alkyl halides is 3. The molecule has 2 N–H and O–H groups in total. The van der Waals surface area contributed by atoms with Gasteiger partial charge in [0.1, 0.15) is 12.4 Å². The molecule has 2 aromatic carbocycles. The van der Waals surface area contributed by atoms with Crippen molar-refractivity contribution >= 4 is 17.7 Å². The molecule has 0 saturated heterocycles. The van der Waals surface area contributed by atoms with E-state index in [1.54, 1.807) is 45.0 Å². The van der Waals surface area contributed by atoms with Crippen molar-refractivity contribution in [2.24, 2.45) is 0 Å². The number of nitrogens with one attached hydrogen (secondary N) is 1. The molecule has 0 aliphatic heterocycles. The number of benzene rings is 2. The first kappa shape index (κ1) is 26.0. The monoisotopic (exact) mass is 469 g/mol. The zero-order valence-corrected chi connectivity index (χ0v) is 18.4. The Morgan fingerprint density at radius 2 is 1.79 bits per heavy atom. The third kappa shape index (κ3) is 8.30. The van der Waals surface area contributed by atoms with Gasteiger partial charge in [0.25, 0.3) is 0 Å². The van der Waals surface area contributed by atoms with E-state index in [1.807, 2.05) is 0 Å². The summed E-state index contributed by atoms with van der Waals surface area (Å²) in [6.07, 6.45) is -6.75. The standard InChI is InChI=1S/C23H26F3NO6/c1-4-31-19-9-8-17(12-18(19)23(24,25)26)27-22(30)32-13-16-7-5-6-15(10-16)11-20(21(28)29)33-14(2)3/h5-10,12,14,20H,4,11,13H2,1-3H3,(H,27,30)(H,28,29). The minimum absolute atomic E-state index is 0.0633. The Hall–Kier alpha value is -3.27. The number of rotatable bonds is 10. The maximum absolute atomic E-state index is 13.2. The minimum atomic E-state index is -4.65. The van der Waals surface area contributed by atoms with E-state index >= 15 is 0 Å². The van der Waals surface area contributed by atoms with Gasteiger partial charge in [0, 0.05) is 12.1 Å². The number of ether oxygens (including phenoxy) is 3. The molecule has 0 spiro atoms. The molecule has 0 saturated carbocycles.